The average Bonchev–Trinajstić information content (AvgIpc) is 3.71. The van der Waals surface area contributed by atoms with Crippen LogP contribution in [0.4, 0.5) is 0 Å². The first-order valence-corrected chi connectivity index (χ1v) is 20.1. The van der Waals surface area contributed by atoms with Gasteiger partial charge in [0.25, 0.3) is 0 Å². The topological polar surface area (TPSA) is 38.9 Å². The SMILES string of the molecule is c1cc(-c2ccc(-c3cccc(-c4cccc5c4oc4c(-c6cccc7ccccc67)cccc45)c3)cc2)cc(-c2cnc3c4ccccc4c4ccccc4c3n2)c1. The van der Waals surface area contributed by atoms with Crippen LogP contribution in [0.5, 0.6) is 0 Å². The van der Waals surface area contributed by atoms with Crippen molar-refractivity contribution in [3.8, 4) is 55.8 Å². The van der Waals surface area contributed by atoms with E-state index < -0.39 is 0 Å². The normalized spacial score (nSPS) is 11.7. The second-order valence-corrected chi connectivity index (χ2v) is 15.3. The third-order valence-electron chi connectivity index (χ3n) is 11.9. The van der Waals surface area contributed by atoms with Gasteiger partial charge in [-0.25, -0.2) is 4.98 Å². The molecule has 59 heavy (non-hydrogen) atoms. The van der Waals surface area contributed by atoms with Gasteiger partial charge in [0.15, 0.2) is 0 Å². The lowest BCUT2D eigenvalue weighted by atomic mass is 9.95. The van der Waals surface area contributed by atoms with Gasteiger partial charge in [-0.15, -0.1) is 0 Å². The van der Waals surface area contributed by atoms with Crippen LogP contribution >= 0.6 is 0 Å². The number of furan rings is 1. The summed E-state index contributed by atoms with van der Waals surface area (Å²) in [4.78, 5) is 10.2. The van der Waals surface area contributed by atoms with E-state index in [1.807, 2.05) is 6.20 Å². The molecule has 3 nitrogen and oxygen atoms in total. The summed E-state index contributed by atoms with van der Waals surface area (Å²) in [6.45, 7) is 0. The first-order valence-electron chi connectivity index (χ1n) is 20.1. The second-order valence-electron chi connectivity index (χ2n) is 15.3. The number of benzene rings is 10. The van der Waals surface area contributed by atoms with Gasteiger partial charge in [0.05, 0.1) is 22.9 Å². The molecule has 2 aromatic heterocycles. The van der Waals surface area contributed by atoms with E-state index >= 15 is 0 Å². The number of rotatable bonds is 5. The van der Waals surface area contributed by atoms with Crippen LogP contribution < -0.4 is 0 Å². The average molecular weight is 751 g/mol. The predicted octanol–water partition coefficient (Wildman–Crippen LogP) is 15.3. The predicted molar refractivity (Wildman–Crippen MR) is 247 cm³/mol. The fourth-order valence-electron chi connectivity index (χ4n) is 9.06. The molecule has 0 saturated heterocycles. The molecular weight excluding hydrogens is 717 g/mol. The van der Waals surface area contributed by atoms with Crippen LogP contribution in [0.15, 0.2) is 211 Å². The molecule has 12 aromatic rings. The van der Waals surface area contributed by atoms with E-state index in [4.69, 9.17) is 14.4 Å². The van der Waals surface area contributed by atoms with Crippen LogP contribution in [0.3, 0.4) is 0 Å². The van der Waals surface area contributed by atoms with Gasteiger partial charge >= 0.3 is 0 Å². The minimum Gasteiger partial charge on any atom is -0.455 e. The highest BCUT2D eigenvalue weighted by Gasteiger charge is 2.18. The Hall–Kier alpha value is -7.88. The zero-order chi connectivity index (χ0) is 38.9. The first-order chi connectivity index (χ1) is 29.2. The van der Waals surface area contributed by atoms with Gasteiger partial charge in [-0.1, -0.05) is 188 Å². The van der Waals surface area contributed by atoms with Gasteiger partial charge in [-0.2, -0.15) is 0 Å². The lowest BCUT2D eigenvalue weighted by molar-refractivity contribution is 0.671. The van der Waals surface area contributed by atoms with Crippen LogP contribution in [-0.2, 0) is 0 Å². The van der Waals surface area contributed by atoms with Crippen LogP contribution in [0.25, 0.3) is 121 Å². The fraction of sp³-hybridized carbons (Fsp3) is 0. The Bertz CT molecular complexity index is 3580. The monoisotopic (exact) mass is 750 g/mol. The summed E-state index contributed by atoms with van der Waals surface area (Å²) >= 11 is 0. The molecule has 0 unspecified atom stereocenters. The molecule has 10 aromatic carbocycles. The van der Waals surface area contributed by atoms with Crippen LogP contribution in [-0.4, -0.2) is 9.97 Å². The largest absolute Gasteiger partial charge is 0.455 e. The Morgan fingerprint density at radius 1 is 0.305 bits per heavy atom. The molecular formula is C56H34N2O. The number of para-hydroxylation sites is 2. The Morgan fingerprint density at radius 2 is 0.780 bits per heavy atom. The second kappa shape index (κ2) is 13.4. The van der Waals surface area contributed by atoms with Crippen molar-refractivity contribution in [1.82, 2.24) is 9.97 Å². The van der Waals surface area contributed by atoms with Crippen molar-refractivity contribution >= 4 is 65.3 Å². The standard InChI is InChI=1S/C56H34N2O/c1-2-18-42-37(12-1)13-9-24-44(42)49-25-11-27-51-50-26-10-23-43(55(50)59-56(49)51)40-16-7-14-38(32-40)35-28-30-36(31-29-35)39-15-8-17-41(33-39)52-34-57-53-47-21-5-3-19-45(47)46-20-4-6-22-48(46)54(53)58-52/h1-34H. The summed E-state index contributed by atoms with van der Waals surface area (Å²) in [5, 5.41) is 9.31. The highest BCUT2D eigenvalue weighted by Crippen LogP contribution is 2.42. The molecule has 2 heterocycles. The molecule has 12 rings (SSSR count). The van der Waals surface area contributed by atoms with Crippen molar-refractivity contribution in [2.75, 3.05) is 0 Å². The number of fused-ring (bicyclic) bond motifs is 10. The number of aromatic nitrogens is 2. The van der Waals surface area contributed by atoms with E-state index in [-0.39, 0.29) is 0 Å². The van der Waals surface area contributed by atoms with Crippen molar-refractivity contribution < 1.29 is 4.42 Å². The first kappa shape index (κ1) is 33.3. The summed E-state index contributed by atoms with van der Waals surface area (Å²) < 4.78 is 6.87. The molecule has 0 fully saturated rings. The molecule has 3 heteroatoms. The van der Waals surface area contributed by atoms with E-state index in [0.29, 0.717) is 0 Å². The van der Waals surface area contributed by atoms with Gasteiger partial charge in [0.2, 0.25) is 0 Å². The maximum atomic E-state index is 6.87. The van der Waals surface area contributed by atoms with Crippen molar-refractivity contribution in [3.63, 3.8) is 0 Å². The van der Waals surface area contributed by atoms with Crippen LogP contribution in [0.1, 0.15) is 0 Å². The number of hydrogen-bond acceptors (Lipinski definition) is 3. The third-order valence-corrected chi connectivity index (χ3v) is 11.9. The molecule has 0 amide bonds. The van der Waals surface area contributed by atoms with Gasteiger partial charge in [0, 0.05) is 38.2 Å². The molecule has 0 atom stereocenters. The minimum absolute atomic E-state index is 0.859. The van der Waals surface area contributed by atoms with Crippen molar-refractivity contribution in [2.24, 2.45) is 0 Å². The Balaban J connectivity index is 0.882. The molecule has 274 valence electrons. The summed E-state index contributed by atoms with van der Waals surface area (Å²) in [5.74, 6) is 0. The molecule has 0 radical (unpaired) electrons. The number of nitrogens with zero attached hydrogens (tertiary/aromatic N) is 2. The van der Waals surface area contributed by atoms with Crippen molar-refractivity contribution in [3.05, 3.63) is 206 Å². The summed E-state index contributed by atoms with van der Waals surface area (Å²) in [7, 11) is 0. The fourth-order valence-corrected chi connectivity index (χ4v) is 9.06. The Morgan fingerprint density at radius 3 is 1.49 bits per heavy atom. The van der Waals surface area contributed by atoms with E-state index in [9.17, 15) is 0 Å². The zero-order valence-corrected chi connectivity index (χ0v) is 31.9. The van der Waals surface area contributed by atoms with Gasteiger partial charge in [-0.05, 0) is 67.1 Å². The minimum atomic E-state index is 0.859. The Labute approximate surface area is 340 Å². The molecule has 0 N–H and O–H groups in total. The van der Waals surface area contributed by atoms with Gasteiger partial charge < -0.3 is 4.42 Å². The molecule has 0 aliphatic carbocycles. The summed E-state index contributed by atoms with van der Waals surface area (Å²) in [6.07, 6.45) is 1.91. The molecule has 0 spiro atoms. The van der Waals surface area contributed by atoms with E-state index in [1.165, 1.54) is 27.1 Å². The summed E-state index contributed by atoms with van der Waals surface area (Å²) in [6, 6.07) is 71.2. The van der Waals surface area contributed by atoms with Crippen LogP contribution in [0.2, 0.25) is 0 Å². The van der Waals surface area contributed by atoms with E-state index in [2.05, 4.69) is 200 Å². The van der Waals surface area contributed by atoms with Crippen molar-refractivity contribution in [2.45, 2.75) is 0 Å². The van der Waals surface area contributed by atoms with Crippen molar-refractivity contribution in [1.29, 1.82) is 0 Å². The quantitative estimate of drug-likeness (QED) is 0.164. The third kappa shape index (κ3) is 5.44. The lowest BCUT2D eigenvalue weighted by Gasteiger charge is -2.11. The lowest BCUT2D eigenvalue weighted by Crippen LogP contribution is -1.92. The smallest absolute Gasteiger partial charge is 0.143 e. The molecule has 0 saturated carbocycles. The molecule has 0 aliphatic rings. The van der Waals surface area contributed by atoms with Gasteiger partial charge in [0.1, 0.15) is 11.2 Å². The maximum Gasteiger partial charge on any atom is 0.143 e. The molecule has 0 aliphatic heterocycles. The highest BCUT2D eigenvalue weighted by molar-refractivity contribution is 6.23. The zero-order valence-electron chi connectivity index (χ0n) is 31.9. The Kier molecular flexibility index (Phi) is 7.54. The highest BCUT2D eigenvalue weighted by atomic mass is 16.3. The van der Waals surface area contributed by atoms with E-state index in [1.54, 1.807) is 0 Å². The molecule has 0 bridgehead atoms. The maximum absolute atomic E-state index is 6.87. The summed E-state index contributed by atoms with van der Waals surface area (Å²) in [5.41, 5.74) is 14.6. The number of hydrogen-bond donors (Lipinski definition) is 0. The van der Waals surface area contributed by atoms with E-state index in [0.717, 1.165) is 93.9 Å². The van der Waals surface area contributed by atoms with Crippen LogP contribution in [0, 0.1) is 0 Å². The van der Waals surface area contributed by atoms with Gasteiger partial charge in [-0.3, -0.25) is 4.98 Å².